The van der Waals surface area contributed by atoms with E-state index in [1.807, 2.05) is 13.8 Å². The Bertz CT molecular complexity index is 213. The maximum absolute atomic E-state index is 11.2. The molecule has 0 aliphatic rings. The second-order valence-electron chi connectivity index (χ2n) is 3.06. The highest BCUT2D eigenvalue weighted by atomic mass is 16.5. The van der Waals surface area contributed by atoms with Gasteiger partial charge in [-0.2, -0.15) is 0 Å². The number of hydrogen-bond donors (Lipinski definition) is 1. The summed E-state index contributed by atoms with van der Waals surface area (Å²) in [6.07, 6.45) is 4.94. The fraction of sp³-hybridized carbons (Fsp3) is 0.600. The molecule has 0 saturated heterocycles. The minimum absolute atomic E-state index is 0.0677. The van der Waals surface area contributed by atoms with Crippen LogP contribution in [0, 0.1) is 5.92 Å². The fourth-order valence-corrected chi connectivity index (χ4v) is 0.809. The van der Waals surface area contributed by atoms with Crippen LogP contribution in [-0.2, 0) is 14.3 Å². The molecule has 0 heterocycles. The number of rotatable bonds is 6. The molecule has 2 atom stereocenters. The Morgan fingerprint density at radius 1 is 1.64 bits per heavy atom. The lowest BCUT2D eigenvalue weighted by atomic mass is 10.0. The number of carbonyl (C=O) groups is 1. The molecule has 0 bridgehead atoms. The van der Waals surface area contributed by atoms with Crippen LogP contribution in [0.1, 0.15) is 20.3 Å². The van der Waals surface area contributed by atoms with Gasteiger partial charge in [0.25, 0.3) is 0 Å². The summed E-state index contributed by atoms with van der Waals surface area (Å²) in [4.78, 5) is 21.0. The molecule has 0 aromatic carbocycles. The van der Waals surface area contributed by atoms with E-state index < -0.39 is 12.0 Å². The third-order valence-corrected chi connectivity index (χ3v) is 2.04. The Kier molecular flexibility index (Phi) is 6.66. The standard InChI is InChI=1S/C10H16NO3/c1-3-8(2)9(11)10(13)14-7-5-4-6-12/h4-5,8-9H,3,7,11H2,1-2H3/b5-4-/t8-,9-/m0/s1. The lowest BCUT2D eigenvalue weighted by Gasteiger charge is -2.15. The van der Waals surface area contributed by atoms with E-state index in [0.29, 0.717) is 0 Å². The zero-order valence-corrected chi connectivity index (χ0v) is 8.53. The number of ether oxygens (including phenoxy) is 1. The van der Waals surface area contributed by atoms with Gasteiger partial charge in [-0.1, -0.05) is 20.3 Å². The van der Waals surface area contributed by atoms with Crippen molar-refractivity contribution >= 4 is 12.3 Å². The van der Waals surface area contributed by atoms with Crippen molar-refractivity contribution < 1.29 is 14.3 Å². The highest BCUT2D eigenvalue weighted by Crippen LogP contribution is 2.06. The van der Waals surface area contributed by atoms with E-state index in [-0.39, 0.29) is 12.5 Å². The maximum atomic E-state index is 11.2. The van der Waals surface area contributed by atoms with Crippen LogP contribution in [0.3, 0.4) is 0 Å². The lowest BCUT2D eigenvalue weighted by Crippen LogP contribution is -2.38. The van der Waals surface area contributed by atoms with Crippen LogP contribution in [0.25, 0.3) is 0 Å². The van der Waals surface area contributed by atoms with E-state index in [9.17, 15) is 9.59 Å². The predicted octanol–water partition coefficient (Wildman–Crippen LogP) is 0.569. The van der Waals surface area contributed by atoms with Crippen molar-refractivity contribution in [2.24, 2.45) is 11.7 Å². The molecular formula is C10H16NO3. The highest BCUT2D eigenvalue weighted by Gasteiger charge is 2.20. The molecule has 0 aliphatic carbocycles. The summed E-state index contributed by atoms with van der Waals surface area (Å²) in [6, 6.07) is -0.589. The van der Waals surface area contributed by atoms with E-state index in [2.05, 4.69) is 0 Å². The van der Waals surface area contributed by atoms with Gasteiger partial charge in [0.2, 0.25) is 6.29 Å². The van der Waals surface area contributed by atoms with Crippen molar-refractivity contribution in [3.8, 4) is 0 Å². The van der Waals surface area contributed by atoms with Crippen LogP contribution in [0.4, 0.5) is 0 Å². The molecule has 0 aromatic heterocycles. The van der Waals surface area contributed by atoms with Gasteiger partial charge < -0.3 is 10.5 Å². The molecule has 0 aliphatic heterocycles. The van der Waals surface area contributed by atoms with Gasteiger partial charge in [-0.05, 0) is 18.1 Å². The largest absolute Gasteiger partial charge is 0.460 e. The van der Waals surface area contributed by atoms with Gasteiger partial charge in [0.15, 0.2) is 0 Å². The molecular weight excluding hydrogens is 182 g/mol. The second kappa shape index (κ2) is 7.26. The zero-order valence-electron chi connectivity index (χ0n) is 8.53. The molecule has 0 rings (SSSR count). The van der Waals surface area contributed by atoms with Crippen LogP contribution in [0.15, 0.2) is 12.2 Å². The van der Waals surface area contributed by atoms with Gasteiger partial charge in [0.1, 0.15) is 12.6 Å². The summed E-state index contributed by atoms with van der Waals surface area (Å²) < 4.78 is 4.80. The van der Waals surface area contributed by atoms with Gasteiger partial charge >= 0.3 is 5.97 Å². The van der Waals surface area contributed by atoms with Gasteiger partial charge in [0, 0.05) is 0 Å². The SMILES string of the molecule is CC[C@H](C)[C@H](N)C(=O)OC/C=C\[C]=O. The molecule has 79 valence electrons. The second-order valence-corrected chi connectivity index (χ2v) is 3.06. The van der Waals surface area contributed by atoms with Crippen LogP contribution >= 0.6 is 0 Å². The third-order valence-electron chi connectivity index (χ3n) is 2.04. The quantitative estimate of drug-likeness (QED) is 0.500. The first-order valence-corrected chi connectivity index (χ1v) is 4.58. The zero-order chi connectivity index (χ0) is 11.0. The van der Waals surface area contributed by atoms with Crippen molar-refractivity contribution in [2.75, 3.05) is 6.61 Å². The van der Waals surface area contributed by atoms with E-state index in [1.165, 1.54) is 6.08 Å². The first-order valence-electron chi connectivity index (χ1n) is 4.58. The molecule has 0 spiro atoms. The summed E-state index contributed by atoms with van der Waals surface area (Å²) in [6.45, 7) is 3.91. The van der Waals surface area contributed by atoms with Crippen LogP contribution < -0.4 is 5.73 Å². The highest BCUT2D eigenvalue weighted by molar-refractivity contribution is 5.76. The van der Waals surface area contributed by atoms with Crippen molar-refractivity contribution in [1.82, 2.24) is 0 Å². The van der Waals surface area contributed by atoms with Crippen LogP contribution in [0.5, 0.6) is 0 Å². The Morgan fingerprint density at radius 2 is 2.29 bits per heavy atom. The summed E-state index contributed by atoms with van der Waals surface area (Å²) >= 11 is 0. The fourth-order valence-electron chi connectivity index (χ4n) is 0.809. The Labute approximate surface area is 84.1 Å². The van der Waals surface area contributed by atoms with E-state index in [0.717, 1.165) is 12.5 Å². The minimum Gasteiger partial charge on any atom is -0.460 e. The number of nitrogens with two attached hydrogens (primary N) is 1. The molecule has 0 unspecified atom stereocenters. The molecule has 2 N–H and O–H groups in total. The van der Waals surface area contributed by atoms with Crippen LogP contribution in [-0.4, -0.2) is 24.9 Å². The summed E-state index contributed by atoms with van der Waals surface area (Å²) in [5, 5.41) is 0. The topological polar surface area (TPSA) is 69.4 Å². The predicted molar refractivity (Wildman–Crippen MR) is 53.2 cm³/mol. The molecule has 4 heteroatoms. The average molecular weight is 198 g/mol. The molecule has 0 amide bonds. The number of hydrogen-bond acceptors (Lipinski definition) is 4. The van der Waals surface area contributed by atoms with E-state index >= 15 is 0 Å². The first-order chi connectivity index (χ1) is 6.63. The number of esters is 1. The first kappa shape index (κ1) is 12.8. The van der Waals surface area contributed by atoms with Crippen molar-refractivity contribution in [2.45, 2.75) is 26.3 Å². The summed E-state index contributed by atoms with van der Waals surface area (Å²) in [5.41, 5.74) is 5.61. The van der Waals surface area contributed by atoms with Gasteiger partial charge in [-0.15, -0.1) is 0 Å². The Morgan fingerprint density at radius 3 is 2.79 bits per heavy atom. The minimum atomic E-state index is -0.589. The van der Waals surface area contributed by atoms with Gasteiger partial charge in [0.05, 0.1) is 0 Å². The van der Waals surface area contributed by atoms with Crippen molar-refractivity contribution in [3.63, 3.8) is 0 Å². The third kappa shape index (κ3) is 4.77. The Hall–Kier alpha value is -1.16. The summed E-state index contributed by atoms with van der Waals surface area (Å²) in [7, 11) is 0. The molecule has 4 nitrogen and oxygen atoms in total. The molecule has 14 heavy (non-hydrogen) atoms. The monoisotopic (exact) mass is 198 g/mol. The summed E-state index contributed by atoms with van der Waals surface area (Å²) in [5.74, 6) is -0.334. The molecule has 0 fully saturated rings. The lowest BCUT2D eigenvalue weighted by molar-refractivity contribution is -0.145. The maximum Gasteiger partial charge on any atom is 0.323 e. The average Bonchev–Trinajstić information content (AvgIpc) is 2.21. The smallest absolute Gasteiger partial charge is 0.323 e. The molecule has 0 aromatic rings. The molecule has 0 saturated carbocycles. The number of carbonyl (C=O) groups excluding carboxylic acids is 2. The van der Waals surface area contributed by atoms with Gasteiger partial charge in [-0.25, -0.2) is 0 Å². The van der Waals surface area contributed by atoms with Crippen molar-refractivity contribution in [1.29, 1.82) is 0 Å². The number of allylic oxidation sites excluding steroid dienone is 1. The van der Waals surface area contributed by atoms with E-state index in [4.69, 9.17) is 10.5 Å². The van der Waals surface area contributed by atoms with Crippen molar-refractivity contribution in [3.05, 3.63) is 12.2 Å². The normalized spacial score (nSPS) is 15.1. The molecule has 1 radical (unpaired) electrons. The van der Waals surface area contributed by atoms with E-state index in [1.54, 1.807) is 6.29 Å². The Balaban J connectivity index is 3.83. The van der Waals surface area contributed by atoms with Gasteiger partial charge in [-0.3, -0.25) is 9.59 Å². The van der Waals surface area contributed by atoms with Crippen LogP contribution in [0.2, 0.25) is 0 Å².